The van der Waals surface area contributed by atoms with Gasteiger partial charge in [0.05, 0.1) is 0 Å². The summed E-state index contributed by atoms with van der Waals surface area (Å²) >= 11 is 6.79. The molecule has 0 aliphatic carbocycles. The lowest BCUT2D eigenvalue weighted by molar-refractivity contribution is 0.466. The van der Waals surface area contributed by atoms with Crippen LogP contribution >= 0.6 is 31.9 Å². The van der Waals surface area contributed by atoms with Gasteiger partial charge in [-0.1, -0.05) is 15.9 Å². The zero-order chi connectivity index (χ0) is 13.1. The van der Waals surface area contributed by atoms with Crippen LogP contribution in [0, 0.1) is 5.82 Å². The van der Waals surface area contributed by atoms with Gasteiger partial charge >= 0.3 is 0 Å². The molecule has 0 aliphatic rings. The molecular formula is C13H10Br2FNO. The second-order valence-corrected chi connectivity index (χ2v) is 5.52. The average Bonchev–Trinajstić information content (AvgIpc) is 2.32. The molecule has 0 aliphatic heterocycles. The number of phenolic OH excluding ortho intramolecular Hbond substituents is 1. The van der Waals surface area contributed by atoms with Crippen molar-refractivity contribution < 1.29 is 9.50 Å². The Labute approximate surface area is 121 Å². The van der Waals surface area contributed by atoms with Crippen LogP contribution in [0.25, 0.3) is 0 Å². The smallest absolute Gasteiger partial charge is 0.123 e. The highest BCUT2D eigenvalue weighted by Crippen LogP contribution is 2.27. The summed E-state index contributed by atoms with van der Waals surface area (Å²) in [5.41, 5.74) is 1.40. The third-order valence-corrected chi connectivity index (χ3v) is 3.59. The van der Waals surface area contributed by atoms with Crippen molar-refractivity contribution in [3.63, 3.8) is 0 Å². The Bertz CT molecular complexity index is 575. The SMILES string of the molecule is Oc1ccc(F)cc1CNc1ccc(Br)cc1Br. The fourth-order valence-corrected chi connectivity index (χ4v) is 2.71. The van der Waals surface area contributed by atoms with Crippen molar-refractivity contribution in [1.82, 2.24) is 0 Å². The molecule has 0 heterocycles. The lowest BCUT2D eigenvalue weighted by atomic mass is 10.2. The second kappa shape index (κ2) is 5.71. The van der Waals surface area contributed by atoms with E-state index in [1.807, 2.05) is 18.2 Å². The number of rotatable bonds is 3. The maximum atomic E-state index is 13.1. The Balaban J connectivity index is 2.13. The molecule has 18 heavy (non-hydrogen) atoms. The molecule has 0 amide bonds. The molecule has 2 nitrogen and oxygen atoms in total. The van der Waals surface area contributed by atoms with Gasteiger partial charge in [-0.25, -0.2) is 4.39 Å². The zero-order valence-corrected chi connectivity index (χ0v) is 12.4. The van der Waals surface area contributed by atoms with Crippen LogP contribution in [0.4, 0.5) is 10.1 Å². The number of phenols is 1. The molecule has 0 atom stereocenters. The first-order chi connectivity index (χ1) is 8.56. The van der Waals surface area contributed by atoms with Gasteiger partial charge in [-0.15, -0.1) is 0 Å². The third kappa shape index (κ3) is 3.23. The average molecular weight is 375 g/mol. The molecule has 0 unspecified atom stereocenters. The fraction of sp³-hybridized carbons (Fsp3) is 0.0769. The van der Waals surface area contributed by atoms with Gasteiger partial charge in [0, 0.05) is 26.7 Å². The van der Waals surface area contributed by atoms with Crippen molar-refractivity contribution in [2.45, 2.75) is 6.54 Å². The molecule has 0 aromatic heterocycles. The minimum Gasteiger partial charge on any atom is -0.508 e. The molecule has 2 rings (SSSR count). The maximum absolute atomic E-state index is 13.1. The molecule has 2 N–H and O–H groups in total. The van der Waals surface area contributed by atoms with E-state index in [1.54, 1.807) is 0 Å². The number of hydrogen-bond acceptors (Lipinski definition) is 2. The predicted octanol–water partition coefficient (Wildman–Crippen LogP) is 4.67. The molecule has 0 fully saturated rings. The summed E-state index contributed by atoms with van der Waals surface area (Å²) in [6, 6.07) is 9.60. The summed E-state index contributed by atoms with van der Waals surface area (Å²) < 4.78 is 14.9. The standard InChI is InChI=1S/C13H10Br2FNO/c14-9-1-3-12(11(15)6-9)17-7-8-5-10(16)2-4-13(8)18/h1-6,17-18H,7H2. The van der Waals surface area contributed by atoms with Gasteiger partial charge in [0.25, 0.3) is 0 Å². The van der Waals surface area contributed by atoms with E-state index in [1.165, 1.54) is 18.2 Å². The van der Waals surface area contributed by atoms with E-state index in [2.05, 4.69) is 37.2 Å². The topological polar surface area (TPSA) is 32.3 Å². The van der Waals surface area contributed by atoms with Crippen molar-refractivity contribution in [2.24, 2.45) is 0 Å². The van der Waals surface area contributed by atoms with E-state index in [0.29, 0.717) is 12.1 Å². The lowest BCUT2D eigenvalue weighted by Crippen LogP contribution is -2.00. The first kappa shape index (κ1) is 13.4. The van der Waals surface area contributed by atoms with Gasteiger partial charge in [-0.2, -0.15) is 0 Å². The first-order valence-corrected chi connectivity index (χ1v) is 6.81. The summed E-state index contributed by atoms with van der Waals surface area (Å²) in [4.78, 5) is 0. The summed E-state index contributed by atoms with van der Waals surface area (Å²) in [5.74, 6) is -0.281. The molecule has 0 spiro atoms. The van der Waals surface area contributed by atoms with Gasteiger partial charge in [-0.05, 0) is 52.3 Å². The molecule has 0 saturated carbocycles. The zero-order valence-electron chi connectivity index (χ0n) is 9.25. The van der Waals surface area contributed by atoms with Crippen LogP contribution in [0.5, 0.6) is 5.75 Å². The summed E-state index contributed by atoms with van der Waals surface area (Å²) in [6.07, 6.45) is 0. The fourth-order valence-electron chi connectivity index (χ4n) is 1.52. The molecule has 0 saturated heterocycles. The van der Waals surface area contributed by atoms with Gasteiger partial charge < -0.3 is 10.4 Å². The first-order valence-electron chi connectivity index (χ1n) is 5.22. The Hall–Kier alpha value is -1.07. The van der Waals surface area contributed by atoms with Crippen LogP contribution in [-0.2, 0) is 6.54 Å². The largest absolute Gasteiger partial charge is 0.508 e. The number of nitrogens with one attached hydrogen (secondary N) is 1. The van der Waals surface area contributed by atoms with Crippen LogP contribution < -0.4 is 5.32 Å². The molecule has 2 aromatic carbocycles. The quantitative estimate of drug-likeness (QED) is 0.818. The number of hydrogen-bond donors (Lipinski definition) is 2. The normalized spacial score (nSPS) is 10.4. The molecule has 0 bridgehead atoms. The van der Waals surface area contributed by atoms with Gasteiger partial charge in [0.2, 0.25) is 0 Å². The Morgan fingerprint density at radius 1 is 1.11 bits per heavy atom. The molecular weight excluding hydrogens is 365 g/mol. The monoisotopic (exact) mass is 373 g/mol. The highest BCUT2D eigenvalue weighted by molar-refractivity contribution is 9.11. The van der Waals surface area contributed by atoms with Crippen LogP contribution in [-0.4, -0.2) is 5.11 Å². The minimum absolute atomic E-state index is 0.0807. The van der Waals surface area contributed by atoms with Crippen LogP contribution in [0.15, 0.2) is 45.3 Å². The van der Waals surface area contributed by atoms with Crippen molar-refractivity contribution in [1.29, 1.82) is 0 Å². The molecule has 5 heteroatoms. The molecule has 0 radical (unpaired) electrons. The van der Waals surface area contributed by atoms with Gasteiger partial charge in [-0.3, -0.25) is 0 Å². The van der Waals surface area contributed by atoms with Gasteiger partial charge in [0.15, 0.2) is 0 Å². The molecule has 2 aromatic rings. The number of aromatic hydroxyl groups is 1. The lowest BCUT2D eigenvalue weighted by Gasteiger charge is -2.10. The van der Waals surface area contributed by atoms with Crippen LogP contribution in [0.3, 0.4) is 0 Å². The number of benzene rings is 2. The minimum atomic E-state index is -0.362. The van der Waals surface area contributed by atoms with E-state index >= 15 is 0 Å². The van der Waals surface area contributed by atoms with E-state index in [-0.39, 0.29) is 11.6 Å². The van der Waals surface area contributed by atoms with Crippen molar-refractivity contribution >= 4 is 37.5 Å². The van der Waals surface area contributed by atoms with Crippen molar-refractivity contribution in [3.05, 3.63) is 56.7 Å². The summed E-state index contributed by atoms with van der Waals surface area (Å²) in [7, 11) is 0. The van der Waals surface area contributed by atoms with Crippen LogP contribution in [0.2, 0.25) is 0 Å². The maximum Gasteiger partial charge on any atom is 0.123 e. The Morgan fingerprint density at radius 3 is 2.61 bits per heavy atom. The highest BCUT2D eigenvalue weighted by Gasteiger charge is 2.04. The Morgan fingerprint density at radius 2 is 1.89 bits per heavy atom. The van der Waals surface area contributed by atoms with E-state index < -0.39 is 0 Å². The number of halogens is 3. The summed E-state index contributed by atoms with van der Waals surface area (Å²) in [6.45, 7) is 0.351. The van der Waals surface area contributed by atoms with Crippen molar-refractivity contribution in [2.75, 3.05) is 5.32 Å². The van der Waals surface area contributed by atoms with Gasteiger partial charge in [0.1, 0.15) is 11.6 Å². The van der Waals surface area contributed by atoms with Crippen molar-refractivity contribution in [3.8, 4) is 5.75 Å². The van der Waals surface area contributed by atoms with E-state index in [0.717, 1.165) is 14.6 Å². The predicted molar refractivity (Wildman–Crippen MR) is 77.2 cm³/mol. The second-order valence-electron chi connectivity index (χ2n) is 3.75. The van der Waals surface area contributed by atoms with E-state index in [4.69, 9.17) is 0 Å². The summed E-state index contributed by atoms with van der Waals surface area (Å²) in [5, 5.41) is 12.7. The molecule has 94 valence electrons. The van der Waals surface area contributed by atoms with E-state index in [9.17, 15) is 9.50 Å². The highest BCUT2D eigenvalue weighted by atomic mass is 79.9. The Kier molecular flexibility index (Phi) is 4.24. The van der Waals surface area contributed by atoms with Crippen LogP contribution in [0.1, 0.15) is 5.56 Å². The number of anilines is 1. The third-order valence-electron chi connectivity index (χ3n) is 2.44.